The molecule has 0 radical (unpaired) electrons. The monoisotopic (exact) mass is 867 g/mol. The number of amidine groups is 1. The summed E-state index contributed by atoms with van der Waals surface area (Å²) < 4.78 is 61.5. The standard InChI is InChI=1S/C26H44N7O18P3S/c1-4-14(34)9-16(35)26-20(22(27)30-12-32-26)31-13-33(26)24-18(37)19(50-52(40,41)42)15(49-24)10-47-53(43,44)51-54(45,46)48-11-25(2,3)21(38)23(39)29-6-5-17(36)28-7-8-55/h9,12,15,18-19,21,24,35,37-38,55H,4-8,10-11,13H2,1-3H3,(H,28,36)(H,29,39)(H,43,44)(H,45,46)(H2,27,30,32)(H2,40,41,42)/t15-,18-,19-,21+,24+,26?/m1/s1. The first-order valence-corrected chi connectivity index (χ1v) is 21.2. The van der Waals surface area contributed by atoms with E-state index in [1.165, 1.54) is 20.8 Å². The molecule has 1 fully saturated rings. The number of hydrogen-bond acceptors (Lipinski definition) is 20. The Hall–Kier alpha value is -2.48. The summed E-state index contributed by atoms with van der Waals surface area (Å²) in [5, 5.41) is 37.6. The highest BCUT2D eigenvalue weighted by atomic mass is 32.1. The zero-order chi connectivity index (χ0) is 41.6. The molecule has 29 heteroatoms. The second kappa shape index (κ2) is 18.9. The van der Waals surface area contributed by atoms with Crippen molar-refractivity contribution in [3.63, 3.8) is 0 Å². The van der Waals surface area contributed by atoms with Crippen LogP contribution in [0, 0.1) is 5.41 Å². The van der Waals surface area contributed by atoms with E-state index in [0.717, 1.165) is 17.3 Å². The van der Waals surface area contributed by atoms with Crippen LogP contribution in [-0.4, -0.2) is 150 Å². The van der Waals surface area contributed by atoms with Gasteiger partial charge in [-0.2, -0.15) is 16.9 Å². The number of carbonyl (C=O) groups is 3. The molecular weight excluding hydrogens is 823 g/mol. The zero-order valence-corrected chi connectivity index (χ0v) is 33.1. The first-order chi connectivity index (χ1) is 25.4. The minimum absolute atomic E-state index is 0.0496. The van der Waals surface area contributed by atoms with Gasteiger partial charge in [-0.15, -0.1) is 0 Å². The molecule has 312 valence electrons. The molecule has 0 spiro atoms. The molecule has 3 heterocycles. The number of allylic oxidation sites excluding steroid dienone is 1. The number of nitrogens with one attached hydrogen (secondary N) is 2. The summed E-state index contributed by atoms with van der Waals surface area (Å²) >= 11 is 3.95. The van der Waals surface area contributed by atoms with Gasteiger partial charge in [-0.3, -0.25) is 32.9 Å². The first kappa shape index (κ1) is 46.9. The maximum atomic E-state index is 12.8. The van der Waals surface area contributed by atoms with E-state index in [0.29, 0.717) is 12.3 Å². The topological polar surface area (TPSA) is 381 Å². The summed E-state index contributed by atoms with van der Waals surface area (Å²) in [6.07, 6.45) is -8.12. The number of phosphoric ester groups is 3. The highest BCUT2D eigenvalue weighted by molar-refractivity contribution is 7.80. The van der Waals surface area contributed by atoms with Crippen LogP contribution in [0.5, 0.6) is 0 Å². The molecule has 2 amide bonds. The largest absolute Gasteiger partial charge is 0.508 e. The number of rotatable bonds is 21. The third kappa shape index (κ3) is 12.3. The quantitative estimate of drug-likeness (QED) is 0.0256. The molecule has 3 rings (SSSR count). The Morgan fingerprint density at radius 3 is 2.44 bits per heavy atom. The van der Waals surface area contributed by atoms with Crippen LogP contribution in [0.3, 0.4) is 0 Å². The summed E-state index contributed by atoms with van der Waals surface area (Å²) in [6.45, 7) is 1.50. The molecule has 0 saturated carbocycles. The molecule has 3 unspecified atom stereocenters. The van der Waals surface area contributed by atoms with Crippen molar-refractivity contribution in [3.8, 4) is 0 Å². The van der Waals surface area contributed by atoms with Crippen molar-refractivity contribution in [2.75, 3.05) is 38.7 Å². The van der Waals surface area contributed by atoms with Crippen LogP contribution < -0.4 is 16.4 Å². The smallest absolute Gasteiger partial charge is 0.481 e. The molecule has 11 N–H and O–H groups in total. The molecule has 55 heavy (non-hydrogen) atoms. The second-order valence-electron chi connectivity index (χ2n) is 12.6. The average molecular weight is 868 g/mol. The third-order valence-electron chi connectivity index (χ3n) is 7.97. The molecule has 0 aromatic rings. The molecule has 0 aromatic heterocycles. The predicted molar refractivity (Wildman–Crippen MR) is 191 cm³/mol. The van der Waals surface area contributed by atoms with Crippen molar-refractivity contribution in [2.45, 2.75) is 69.9 Å². The Labute approximate surface area is 318 Å². The van der Waals surface area contributed by atoms with Crippen molar-refractivity contribution in [1.29, 1.82) is 0 Å². The Bertz CT molecular complexity index is 1730. The molecule has 0 aliphatic carbocycles. The molecule has 0 aromatic carbocycles. The number of carbonyl (C=O) groups excluding carboxylic acids is 3. The van der Waals surface area contributed by atoms with Gasteiger partial charge in [0.05, 0.1) is 19.9 Å². The third-order valence-corrected chi connectivity index (χ3v) is 11.3. The Morgan fingerprint density at radius 1 is 1.16 bits per heavy atom. The fraction of sp³-hybridized carbons (Fsp3) is 0.692. The molecular formula is C26H44N7O18P3S. The molecule has 0 bridgehead atoms. The summed E-state index contributed by atoms with van der Waals surface area (Å²) in [4.78, 5) is 89.0. The van der Waals surface area contributed by atoms with Crippen LogP contribution in [0.4, 0.5) is 0 Å². The number of ether oxygens (including phenoxy) is 1. The predicted octanol–water partition coefficient (Wildman–Crippen LogP) is -2.03. The maximum Gasteiger partial charge on any atom is 0.481 e. The van der Waals surface area contributed by atoms with Crippen LogP contribution in [-0.2, 0) is 50.7 Å². The SMILES string of the molecule is CCC(=O)C=C(O)C12N=CN=C(N)C1=NCN2[C@H]1O[C@H](COP(=O)(O)OP(=O)(O)OCC(C)(C)[C@@H](O)C(=O)NCCC(=O)NCCS)[C@@H](OP(=O)(O)O)[C@H]1O. The lowest BCUT2D eigenvalue weighted by atomic mass is 9.87. The number of amides is 2. The lowest BCUT2D eigenvalue weighted by Gasteiger charge is -2.39. The van der Waals surface area contributed by atoms with E-state index >= 15 is 0 Å². The van der Waals surface area contributed by atoms with Crippen molar-refractivity contribution < 1.29 is 85.6 Å². The highest BCUT2D eigenvalue weighted by Crippen LogP contribution is 2.61. The van der Waals surface area contributed by atoms with E-state index in [9.17, 15) is 63.0 Å². The lowest BCUT2D eigenvalue weighted by molar-refractivity contribution is -0.137. The number of phosphoric acid groups is 3. The number of thiol groups is 1. The molecule has 1 saturated heterocycles. The van der Waals surface area contributed by atoms with Crippen LogP contribution in [0.25, 0.3) is 0 Å². The van der Waals surface area contributed by atoms with Crippen molar-refractivity contribution >= 4 is 71.6 Å². The Morgan fingerprint density at radius 2 is 1.82 bits per heavy atom. The molecule has 3 aliphatic rings. The summed E-state index contributed by atoms with van der Waals surface area (Å²) in [6, 6.07) is 0. The number of ketones is 1. The lowest BCUT2D eigenvalue weighted by Crippen LogP contribution is -2.61. The van der Waals surface area contributed by atoms with E-state index in [-0.39, 0.29) is 30.9 Å². The number of nitrogens with two attached hydrogens (primary N) is 1. The highest BCUT2D eigenvalue weighted by Gasteiger charge is 2.60. The summed E-state index contributed by atoms with van der Waals surface area (Å²) in [5.41, 5.74) is 1.99. The van der Waals surface area contributed by atoms with Crippen LogP contribution in [0.2, 0.25) is 0 Å². The van der Waals surface area contributed by atoms with Gasteiger partial charge in [0.2, 0.25) is 17.5 Å². The fourth-order valence-corrected chi connectivity index (χ4v) is 8.13. The molecule has 8 atom stereocenters. The van der Waals surface area contributed by atoms with Gasteiger partial charge in [0.25, 0.3) is 0 Å². The van der Waals surface area contributed by atoms with E-state index in [1.807, 2.05) is 0 Å². The van der Waals surface area contributed by atoms with Crippen molar-refractivity contribution in [2.24, 2.45) is 26.1 Å². The summed E-state index contributed by atoms with van der Waals surface area (Å²) in [5.74, 6) is -2.54. The van der Waals surface area contributed by atoms with E-state index in [2.05, 4.69) is 42.6 Å². The second-order valence-corrected chi connectivity index (χ2v) is 17.3. The number of aliphatic imine (C=N–C) groups is 3. The first-order valence-electron chi connectivity index (χ1n) is 16.1. The van der Waals surface area contributed by atoms with Crippen molar-refractivity contribution in [3.05, 3.63) is 11.8 Å². The van der Waals surface area contributed by atoms with Crippen LogP contribution >= 0.6 is 36.1 Å². The van der Waals surface area contributed by atoms with Gasteiger partial charge in [0, 0.05) is 43.2 Å². The number of fused-ring (bicyclic) bond motifs is 1. The summed E-state index contributed by atoms with van der Waals surface area (Å²) in [7, 11) is -16.7. The van der Waals surface area contributed by atoms with Gasteiger partial charge in [0.15, 0.2) is 11.6 Å². The van der Waals surface area contributed by atoms with Gasteiger partial charge in [0.1, 0.15) is 48.5 Å². The zero-order valence-electron chi connectivity index (χ0n) is 29.5. The fourth-order valence-electron chi connectivity index (χ4n) is 5.19. The minimum atomic E-state index is -5.66. The maximum absolute atomic E-state index is 12.8. The van der Waals surface area contributed by atoms with Gasteiger partial charge in [-0.05, 0) is 0 Å². The molecule has 25 nitrogen and oxygen atoms in total. The van der Waals surface area contributed by atoms with E-state index in [4.69, 9.17) is 24.0 Å². The number of aliphatic hydroxyl groups excluding tert-OH is 3. The number of aliphatic hydroxyl groups is 3. The van der Waals surface area contributed by atoms with Gasteiger partial charge < -0.3 is 56.0 Å². The van der Waals surface area contributed by atoms with Gasteiger partial charge >= 0.3 is 23.5 Å². The molecule has 3 aliphatic heterocycles. The van der Waals surface area contributed by atoms with Crippen LogP contribution in [0.1, 0.15) is 33.6 Å². The van der Waals surface area contributed by atoms with Crippen molar-refractivity contribution in [1.82, 2.24) is 15.5 Å². The number of hydrogen-bond donors (Lipinski definition) is 11. The van der Waals surface area contributed by atoms with E-state index in [1.54, 1.807) is 0 Å². The number of nitrogens with zero attached hydrogens (tertiary/aromatic N) is 4. The van der Waals surface area contributed by atoms with Gasteiger partial charge in [-0.25, -0.2) is 28.6 Å². The Balaban J connectivity index is 1.71. The average Bonchev–Trinajstić information content (AvgIpc) is 3.62. The van der Waals surface area contributed by atoms with E-state index < -0.39 is 108 Å². The Kier molecular flexibility index (Phi) is 16.1. The minimum Gasteiger partial charge on any atom is -0.508 e. The normalized spacial score (nSPS) is 27.3. The van der Waals surface area contributed by atoms with Gasteiger partial charge in [-0.1, -0.05) is 20.8 Å². The van der Waals surface area contributed by atoms with Crippen LogP contribution in [0.15, 0.2) is 26.8 Å².